The lowest BCUT2D eigenvalue weighted by Crippen LogP contribution is -2.48. The van der Waals surface area contributed by atoms with Crippen LogP contribution in [0, 0.1) is 12.3 Å². The Morgan fingerprint density at radius 2 is 1.81 bits per heavy atom. The van der Waals surface area contributed by atoms with Gasteiger partial charge in [-0.2, -0.15) is 0 Å². The third kappa shape index (κ3) is 7.13. The Hall–Kier alpha value is -1.21. The predicted molar refractivity (Wildman–Crippen MR) is 65.2 cm³/mol. The van der Waals surface area contributed by atoms with Crippen LogP contribution in [0.1, 0.15) is 27.7 Å². The quantitative estimate of drug-likeness (QED) is 0.636. The monoisotopic (exact) mass is 226 g/mol. The second kappa shape index (κ2) is 7.13. The van der Waals surface area contributed by atoms with Crippen LogP contribution >= 0.6 is 0 Å². The molecule has 0 spiro atoms. The van der Waals surface area contributed by atoms with Gasteiger partial charge in [-0.3, -0.25) is 0 Å². The zero-order valence-corrected chi connectivity index (χ0v) is 10.7. The Kier molecular flexibility index (Phi) is 6.59. The summed E-state index contributed by atoms with van der Waals surface area (Å²) >= 11 is 0. The number of hydrogen-bond donors (Lipinski definition) is 1. The van der Waals surface area contributed by atoms with Crippen molar-refractivity contribution in [2.24, 2.45) is 0 Å². The van der Waals surface area contributed by atoms with E-state index in [0.29, 0.717) is 0 Å². The van der Waals surface area contributed by atoms with E-state index in [2.05, 4.69) is 17.7 Å². The lowest BCUT2D eigenvalue weighted by Gasteiger charge is -2.30. The molecule has 0 atom stereocenters. The van der Waals surface area contributed by atoms with Gasteiger partial charge in [-0.25, -0.2) is 4.79 Å². The van der Waals surface area contributed by atoms with E-state index in [1.54, 1.807) is 11.8 Å². The summed E-state index contributed by atoms with van der Waals surface area (Å²) in [4.78, 5) is 13.2. The minimum atomic E-state index is -0.387. The van der Waals surface area contributed by atoms with Gasteiger partial charge >= 0.3 is 6.09 Å². The van der Waals surface area contributed by atoms with Gasteiger partial charge in [0.05, 0.1) is 0 Å². The number of rotatable bonds is 0. The Morgan fingerprint density at radius 1 is 1.38 bits per heavy atom. The second-order valence-electron chi connectivity index (χ2n) is 4.51. The highest BCUT2D eigenvalue weighted by Crippen LogP contribution is 2.09. The van der Waals surface area contributed by atoms with E-state index in [4.69, 9.17) is 4.74 Å². The summed E-state index contributed by atoms with van der Waals surface area (Å²) < 4.78 is 5.24. The van der Waals surface area contributed by atoms with Crippen molar-refractivity contribution in [3.63, 3.8) is 0 Å². The van der Waals surface area contributed by atoms with Crippen molar-refractivity contribution in [1.82, 2.24) is 10.2 Å². The first-order valence-electron chi connectivity index (χ1n) is 5.46. The number of hydrogen-bond acceptors (Lipinski definition) is 3. The average molecular weight is 226 g/mol. The largest absolute Gasteiger partial charge is 0.444 e. The van der Waals surface area contributed by atoms with Gasteiger partial charge in [0, 0.05) is 26.2 Å². The number of terminal acetylenes is 1. The molecule has 0 aromatic rings. The van der Waals surface area contributed by atoms with E-state index in [-0.39, 0.29) is 11.7 Å². The van der Waals surface area contributed by atoms with Gasteiger partial charge in [-0.05, 0) is 27.7 Å². The number of ether oxygens (including phenoxy) is 1. The predicted octanol–water partition coefficient (Wildman–Crippen LogP) is 1.47. The van der Waals surface area contributed by atoms with E-state index in [1.165, 1.54) is 0 Å². The Bertz CT molecular complexity index is 245. The summed E-state index contributed by atoms with van der Waals surface area (Å²) in [7, 11) is 0. The summed E-state index contributed by atoms with van der Waals surface area (Å²) in [5, 5.41) is 3.18. The van der Waals surface area contributed by atoms with Gasteiger partial charge in [0.1, 0.15) is 5.60 Å². The van der Waals surface area contributed by atoms with Crippen LogP contribution in [0.2, 0.25) is 0 Å². The summed E-state index contributed by atoms with van der Waals surface area (Å²) in [5.74, 6) is 2.25. The van der Waals surface area contributed by atoms with Crippen molar-refractivity contribution in [2.45, 2.75) is 33.3 Å². The molecule has 1 saturated heterocycles. The number of nitrogens with one attached hydrogen (secondary N) is 1. The first-order chi connectivity index (χ1) is 7.40. The van der Waals surface area contributed by atoms with E-state index < -0.39 is 0 Å². The maximum atomic E-state index is 11.5. The molecule has 4 nitrogen and oxygen atoms in total. The van der Waals surface area contributed by atoms with Crippen LogP contribution < -0.4 is 5.32 Å². The van der Waals surface area contributed by atoms with E-state index in [1.807, 2.05) is 20.8 Å². The summed E-state index contributed by atoms with van der Waals surface area (Å²) in [6, 6.07) is 0. The summed E-state index contributed by atoms with van der Waals surface area (Å²) in [5.41, 5.74) is -0.387. The third-order valence-electron chi connectivity index (χ3n) is 1.77. The first kappa shape index (κ1) is 14.8. The topological polar surface area (TPSA) is 41.6 Å². The van der Waals surface area contributed by atoms with Crippen molar-refractivity contribution < 1.29 is 9.53 Å². The highest BCUT2D eigenvalue weighted by Gasteiger charge is 2.22. The lowest BCUT2D eigenvalue weighted by atomic mass is 10.2. The van der Waals surface area contributed by atoms with Crippen LogP contribution in [0.5, 0.6) is 0 Å². The maximum Gasteiger partial charge on any atom is 0.410 e. The Balaban J connectivity index is 0.000000673. The van der Waals surface area contributed by atoms with Crippen LogP contribution in [0.3, 0.4) is 0 Å². The molecule has 1 fully saturated rings. The maximum absolute atomic E-state index is 11.5. The zero-order chi connectivity index (χ0) is 12.6. The minimum Gasteiger partial charge on any atom is -0.444 e. The first-order valence-corrected chi connectivity index (χ1v) is 5.46. The Morgan fingerprint density at radius 3 is 2.19 bits per heavy atom. The van der Waals surface area contributed by atoms with Crippen molar-refractivity contribution in [3.05, 3.63) is 0 Å². The molecule has 0 radical (unpaired) electrons. The molecule has 1 N–H and O–H groups in total. The SMILES string of the molecule is C#CC.CC(C)(C)OC(=O)N1CCNCC1. The molecule has 0 aromatic heterocycles. The molecule has 0 saturated carbocycles. The van der Waals surface area contributed by atoms with E-state index in [9.17, 15) is 4.79 Å². The number of carbonyl (C=O) groups excluding carboxylic acids is 1. The molecule has 1 aliphatic heterocycles. The van der Waals surface area contributed by atoms with Crippen LogP contribution in [-0.4, -0.2) is 42.8 Å². The average Bonchev–Trinajstić information content (AvgIpc) is 2.18. The third-order valence-corrected chi connectivity index (χ3v) is 1.77. The smallest absolute Gasteiger partial charge is 0.410 e. The fourth-order valence-corrected chi connectivity index (χ4v) is 1.17. The van der Waals surface area contributed by atoms with Crippen molar-refractivity contribution >= 4 is 6.09 Å². The van der Waals surface area contributed by atoms with Crippen molar-refractivity contribution in [1.29, 1.82) is 0 Å². The van der Waals surface area contributed by atoms with E-state index >= 15 is 0 Å². The van der Waals surface area contributed by atoms with Crippen LogP contribution in [-0.2, 0) is 4.74 Å². The van der Waals surface area contributed by atoms with Crippen LogP contribution in [0.4, 0.5) is 4.79 Å². The molecule has 0 unspecified atom stereocenters. The van der Waals surface area contributed by atoms with Gasteiger partial charge in [-0.15, -0.1) is 12.3 Å². The molecule has 0 bridgehead atoms. The van der Waals surface area contributed by atoms with E-state index in [0.717, 1.165) is 26.2 Å². The van der Waals surface area contributed by atoms with Crippen molar-refractivity contribution in [2.75, 3.05) is 26.2 Å². The van der Waals surface area contributed by atoms with Gasteiger partial charge in [-0.1, -0.05) is 0 Å². The highest BCUT2D eigenvalue weighted by molar-refractivity contribution is 5.68. The molecular formula is C12H22N2O2. The van der Waals surface area contributed by atoms with Gasteiger partial charge in [0.15, 0.2) is 0 Å². The lowest BCUT2D eigenvalue weighted by molar-refractivity contribution is 0.0229. The second-order valence-corrected chi connectivity index (χ2v) is 4.51. The molecule has 1 heterocycles. The minimum absolute atomic E-state index is 0.200. The van der Waals surface area contributed by atoms with Gasteiger partial charge in [0.2, 0.25) is 0 Å². The molecular weight excluding hydrogens is 204 g/mol. The number of nitrogens with zero attached hydrogens (tertiary/aromatic N) is 1. The molecule has 0 aromatic carbocycles. The molecule has 1 rings (SSSR count). The summed E-state index contributed by atoms with van der Waals surface area (Å²) in [6.07, 6.45) is 4.40. The highest BCUT2D eigenvalue weighted by atomic mass is 16.6. The summed E-state index contributed by atoms with van der Waals surface area (Å²) in [6.45, 7) is 10.5. The number of piperazine rings is 1. The van der Waals surface area contributed by atoms with Gasteiger partial charge in [0.25, 0.3) is 0 Å². The van der Waals surface area contributed by atoms with Gasteiger partial charge < -0.3 is 15.0 Å². The molecule has 0 aliphatic carbocycles. The Labute approximate surface area is 98.3 Å². The molecule has 1 aliphatic rings. The van der Waals surface area contributed by atoms with Crippen molar-refractivity contribution in [3.8, 4) is 12.3 Å². The van der Waals surface area contributed by atoms with Crippen LogP contribution in [0.25, 0.3) is 0 Å². The zero-order valence-electron chi connectivity index (χ0n) is 10.7. The molecule has 92 valence electrons. The fraction of sp³-hybridized carbons (Fsp3) is 0.750. The fourth-order valence-electron chi connectivity index (χ4n) is 1.17. The molecule has 4 heteroatoms. The number of amides is 1. The molecule has 16 heavy (non-hydrogen) atoms. The number of carbonyl (C=O) groups is 1. The van der Waals surface area contributed by atoms with Crippen LogP contribution in [0.15, 0.2) is 0 Å². The standard InChI is InChI=1S/C9H18N2O2.C3H4/c1-9(2,3)13-8(12)11-6-4-10-5-7-11;1-3-2/h10H,4-7H2,1-3H3;1H,2H3. The molecule has 1 amide bonds. The normalized spacial score (nSPS) is 15.6.